The third-order valence-electron chi connectivity index (χ3n) is 6.66. The van der Waals surface area contributed by atoms with E-state index in [9.17, 15) is 17.6 Å². The third-order valence-corrected chi connectivity index (χ3v) is 10.2. The van der Waals surface area contributed by atoms with Gasteiger partial charge in [0.1, 0.15) is 8.07 Å². The monoisotopic (exact) mass is 445 g/mol. The fourth-order valence-electron chi connectivity index (χ4n) is 4.90. The standard InChI is InChI=1S/C23H23F4N3Si/c1-4-14-7-16(30-12-23(26,27)13-30)9-19-20(14)21(28)17-6-5-15(8-18(17)31(19,2)3)29-10-22(24,25)11-29/h4-9,28H,1,10-13H2,2-3H3. The van der Waals surface area contributed by atoms with Gasteiger partial charge in [-0.3, -0.25) is 5.41 Å². The van der Waals surface area contributed by atoms with Gasteiger partial charge in [-0.15, -0.1) is 0 Å². The SMILES string of the molecule is C=Cc1cc(N2CC(F)(F)C2)cc2c1C(=N)c1ccc(N3CC(F)(F)C3)cc1[Si]2(C)C. The van der Waals surface area contributed by atoms with Crippen LogP contribution in [0.2, 0.25) is 13.1 Å². The van der Waals surface area contributed by atoms with E-state index < -0.39 is 19.9 Å². The van der Waals surface area contributed by atoms with Gasteiger partial charge >= 0.3 is 0 Å². The second-order valence-corrected chi connectivity index (χ2v) is 13.6. The zero-order chi connectivity index (χ0) is 22.3. The minimum absolute atomic E-state index is 0.296. The molecule has 2 fully saturated rings. The second kappa shape index (κ2) is 6.22. The maximum absolute atomic E-state index is 13.5. The van der Waals surface area contributed by atoms with Gasteiger partial charge in [-0.2, -0.15) is 0 Å². The second-order valence-electron chi connectivity index (χ2n) is 9.32. The van der Waals surface area contributed by atoms with Gasteiger partial charge in [-0.25, -0.2) is 17.6 Å². The Morgan fingerprint density at radius 3 is 2.00 bits per heavy atom. The molecule has 0 saturated carbocycles. The van der Waals surface area contributed by atoms with Crippen molar-refractivity contribution in [2.24, 2.45) is 0 Å². The van der Waals surface area contributed by atoms with Gasteiger partial charge in [-0.05, 0) is 45.8 Å². The number of hydrogen-bond donors (Lipinski definition) is 1. The molecule has 3 nitrogen and oxygen atoms in total. The molecule has 0 amide bonds. The van der Waals surface area contributed by atoms with E-state index in [1.54, 1.807) is 15.9 Å². The molecule has 162 valence electrons. The van der Waals surface area contributed by atoms with Crippen LogP contribution >= 0.6 is 0 Å². The minimum Gasteiger partial charge on any atom is -0.359 e. The predicted octanol–water partition coefficient (Wildman–Crippen LogP) is 3.79. The van der Waals surface area contributed by atoms with Crippen molar-refractivity contribution in [2.45, 2.75) is 24.9 Å². The molecular weight excluding hydrogens is 422 g/mol. The number of anilines is 2. The molecule has 3 heterocycles. The Labute approximate surface area is 179 Å². The third kappa shape index (κ3) is 3.02. The van der Waals surface area contributed by atoms with Crippen LogP contribution in [0.4, 0.5) is 28.9 Å². The molecule has 3 aliphatic rings. The zero-order valence-electron chi connectivity index (χ0n) is 17.4. The van der Waals surface area contributed by atoms with Crippen LogP contribution in [0.5, 0.6) is 0 Å². The summed E-state index contributed by atoms with van der Waals surface area (Å²) in [5.74, 6) is -5.33. The van der Waals surface area contributed by atoms with Gasteiger partial charge in [0, 0.05) is 16.9 Å². The Kier molecular flexibility index (Phi) is 4.07. The van der Waals surface area contributed by atoms with E-state index in [1.165, 1.54) is 0 Å². The summed E-state index contributed by atoms with van der Waals surface area (Å²) in [7, 11) is -2.34. The summed E-state index contributed by atoms with van der Waals surface area (Å²) in [6, 6.07) is 9.40. The average Bonchev–Trinajstić information content (AvgIpc) is 2.67. The van der Waals surface area contributed by atoms with Crippen LogP contribution in [0.15, 0.2) is 36.9 Å². The molecule has 2 aromatic rings. The summed E-state index contributed by atoms with van der Waals surface area (Å²) in [5, 5.41) is 10.9. The molecule has 5 rings (SSSR count). The molecule has 0 aromatic heterocycles. The van der Waals surface area contributed by atoms with Crippen LogP contribution in [0.25, 0.3) is 6.08 Å². The average molecular weight is 446 g/mol. The first-order valence-electron chi connectivity index (χ1n) is 10.2. The first-order chi connectivity index (χ1) is 14.4. The number of nitrogens with one attached hydrogen (secondary N) is 1. The molecule has 0 bridgehead atoms. The molecule has 3 aliphatic heterocycles. The first kappa shape index (κ1) is 20.3. The summed E-state index contributed by atoms with van der Waals surface area (Å²) in [4.78, 5) is 3.30. The quantitative estimate of drug-likeness (QED) is 0.576. The summed E-state index contributed by atoms with van der Waals surface area (Å²) >= 11 is 0. The van der Waals surface area contributed by atoms with Crippen LogP contribution < -0.4 is 20.2 Å². The van der Waals surface area contributed by atoms with Crippen LogP contribution in [-0.4, -0.2) is 51.8 Å². The van der Waals surface area contributed by atoms with Crippen LogP contribution in [0.3, 0.4) is 0 Å². The van der Waals surface area contributed by atoms with E-state index in [0.29, 0.717) is 5.71 Å². The van der Waals surface area contributed by atoms with E-state index in [-0.39, 0.29) is 26.2 Å². The molecule has 31 heavy (non-hydrogen) atoms. The van der Waals surface area contributed by atoms with Crippen molar-refractivity contribution in [2.75, 3.05) is 36.0 Å². The molecule has 0 unspecified atom stereocenters. The number of alkyl halides is 4. The number of benzene rings is 2. The highest BCUT2D eigenvalue weighted by molar-refractivity contribution is 7.02. The fraction of sp³-hybridized carbons (Fsp3) is 0.348. The first-order valence-corrected chi connectivity index (χ1v) is 13.2. The van der Waals surface area contributed by atoms with Crippen molar-refractivity contribution in [3.63, 3.8) is 0 Å². The summed E-state index contributed by atoms with van der Waals surface area (Å²) < 4.78 is 53.7. The summed E-state index contributed by atoms with van der Waals surface area (Å²) in [6.07, 6.45) is 1.68. The van der Waals surface area contributed by atoms with Gasteiger partial charge in [-0.1, -0.05) is 31.8 Å². The van der Waals surface area contributed by atoms with Gasteiger partial charge in [0.25, 0.3) is 11.8 Å². The number of hydrogen-bond acceptors (Lipinski definition) is 3. The van der Waals surface area contributed by atoms with Crippen molar-refractivity contribution >= 4 is 41.6 Å². The highest BCUT2D eigenvalue weighted by Crippen LogP contribution is 2.36. The summed E-state index contributed by atoms with van der Waals surface area (Å²) in [6.45, 7) is 6.99. The van der Waals surface area contributed by atoms with E-state index in [4.69, 9.17) is 5.41 Å². The molecule has 8 heteroatoms. The lowest BCUT2D eigenvalue weighted by molar-refractivity contribution is -0.0268. The van der Waals surface area contributed by atoms with Crippen LogP contribution in [0, 0.1) is 5.41 Å². The molecule has 2 saturated heterocycles. The smallest absolute Gasteiger partial charge is 0.282 e. The Morgan fingerprint density at radius 2 is 1.45 bits per heavy atom. The molecule has 0 aliphatic carbocycles. The Balaban J connectivity index is 1.61. The molecule has 2 aromatic carbocycles. The summed E-state index contributed by atoms with van der Waals surface area (Å²) in [5.41, 5.74) is 4.21. The number of halogens is 4. The Morgan fingerprint density at radius 1 is 0.903 bits per heavy atom. The topological polar surface area (TPSA) is 30.3 Å². The highest BCUT2D eigenvalue weighted by Gasteiger charge is 2.46. The number of nitrogens with zero attached hydrogens (tertiary/aromatic N) is 2. The van der Waals surface area contributed by atoms with Gasteiger partial charge in [0.05, 0.1) is 31.9 Å². The minimum atomic E-state index is -2.68. The zero-order valence-corrected chi connectivity index (χ0v) is 18.4. The van der Waals surface area contributed by atoms with E-state index in [0.717, 1.165) is 38.4 Å². The molecule has 0 atom stereocenters. The Hall–Kier alpha value is -2.61. The van der Waals surface area contributed by atoms with Crippen molar-refractivity contribution in [1.82, 2.24) is 0 Å². The fourth-order valence-corrected chi connectivity index (χ4v) is 7.98. The lowest BCUT2D eigenvalue weighted by Crippen LogP contribution is -2.62. The lowest BCUT2D eigenvalue weighted by Gasteiger charge is -2.43. The molecular formula is C23H23F4N3Si. The largest absolute Gasteiger partial charge is 0.359 e. The molecule has 1 N–H and O–H groups in total. The normalized spacial score (nSPS) is 22.2. The molecule has 0 spiro atoms. The van der Waals surface area contributed by atoms with Crippen molar-refractivity contribution < 1.29 is 17.6 Å². The van der Waals surface area contributed by atoms with E-state index in [2.05, 4.69) is 19.7 Å². The lowest BCUT2D eigenvalue weighted by atomic mass is 9.94. The van der Waals surface area contributed by atoms with Gasteiger partial charge in [0.15, 0.2) is 0 Å². The predicted molar refractivity (Wildman–Crippen MR) is 120 cm³/mol. The van der Waals surface area contributed by atoms with Crippen molar-refractivity contribution in [1.29, 1.82) is 5.41 Å². The van der Waals surface area contributed by atoms with Gasteiger partial charge in [0.2, 0.25) is 0 Å². The maximum Gasteiger partial charge on any atom is 0.282 e. The number of fused-ring (bicyclic) bond motifs is 2. The van der Waals surface area contributed by atoms with E-state index in [1.807, 2.05) is 30.3 Å². The van der Waals surface area contributed by atoms with Gasteiger partial charge < -0.3 is 9.80 Å². The number of rotatable bonds is 3. The van der Waals surface area contributed by atoms with Crippen molar-refractivity contribution in [3.05, 3.63) is 53.6 Å². The van der Waals surface area contributed by atoms with E-state index >= 15 is 0 Å². The van der Waals surface area contributed by atoms with Crippen LogP contribution in [-0.2, 0) is 0 Å². The molecule has 0 radical (unpaired) electrons. The highest BCUT2D eigenvalue weighted by atomic mass is 28.3. The van der Waals surface area contributed by atoms with Crippen molar-refractivity contribution in [3.8, 4) is 0 Å². The van der Waals surface area contributed by atoms with Crippen LogP contribution in [0.1, 0.15) is 16.7 Å². The maximum atomic E-state index is 13.5. The Bertz CT molecular complexity index is 1130.